The molecule has 164 valence electrons. The minimum Gasteiger partial charge on any atom is -0.376 e. The molecule has 31 heavy (non-hydrogen) atoms. The number of carbonyl (C=O) groups excluding carboxylic acids is 2. The summed E-state index contributed by atoms with van der Waals surface area (Å²) in [4.78, 5) is 28.9. The quantitative estimate of drug-likeness (QED) is 0.475. The monoisotopic (exact) mass is 442 g/mol. The molecule has 1 aliphatic heterocycles. The third kappa shape index (κ3) is 6.54. The van der Waals surface area contributed by atoms with E-state index in [-0.39, 0.29) is 17.9 Å². The minimum absolute atomic E-state index is 0.0470. The minimum atomic E-state index is -0.336. The Labute approximate surface area is 187 Å². The van der Waals surface area contributed by atoms with Crippen molar-refractivity contribution in [1.82, 2.24) is 5.32 Å². The van der Waals surface area contributed by atoms with E-state index in [9.17, 15) is 9.59 Å². The highest BCUT2D eigenvalue weighted by Gasteiger charge is 2.17. The summed E-state index contributed by atoms with van der Waals surface area (Å²) in [5.41, 5.74) is 3.59. The zero-order valence-electron chi connectivity index (χ0n) is 17.9. The highest BCUT2D eigenvalue weighted by molar-refractivity contribution is 6.30. The number of nitrogens with one attached hydrogen (secondary N) is 3. The Morgan fingerprint density at radius 1 is 1.10 bits per heavy atom. The maximum absolute atomic E-state index is 12.9. The molecule has 2 aromatic rings. The Balaban J connectivity index is 1.80. The number of carbonyl (C=O) groups is 2. The lowest BCUT2D eigenvalue weighted by Crippen LogP contribution is -2.37. The summed E-state index contributed by atoms with van der Waals surface area (Å²) < 4.78 is 5.64. The van der Waals surface area contributed by atoms with E-state index in [0.717, 1.165) is 36.3 Å². The summed E-state index contributed by atoms with van der Waals surface area (Å²) in [6, 6.07) is 10.6. The zero-order chi connectivity index (χ0) is 22.4. The van der Waals surface area contributed by atoms with Gasteiger partial charge in [0.1, 0.15) is 0 Å². The van der Waals surface area contributed by atoms with Crippen LogP contribution < -0.4 is 16.0 Å². The van der Waals surface area contributed by atoms with Gasteiger partial charge in [-0.05, 0) is 68.1 Å². The van der Waals surface area contributed by atoms with E-state index in [0.29, 0.717) is 28.8 Å². The van der Waals surface area contributed by atoms with Crippen molar-refractivity contribution in [3.8, 4) is 0 Å². The largest absolute Gasteiger partial charge is 0.376 e. The molecular weight excluding hydrogens is 416 g/mol. The lowest BCUT2D eigenvalue weighted by atomic mass is 10.1. The molecule has 3 rings (SSSR count). The molecule has 1 aliphatic rings. The molecular formula is C23H27ClN4O3. The Hall–Kier alpha value is -2.90. The van der Waals surface area contributed by atoms with Crippen LogP contribution >= 0.6 is 11.6 Å². The SMILES string of the molecule is CC(=O)Nc1cc(C(=O)NC(=NC[C@H]2CCCO2)Nc2ccc(Cl)cc2C)ccc1C. The summed E-state index contributed by atoms with van der Waals surface area (Å²) in [5, 5.41) is 9.41. The molecule has 1 heterocycles. The summed E-state index contributed by atoms with van der Waals surface area (Å²) in [6.07, 6.45) is 2.01. The van der Waals surface area contributed by atoms with E-state index >= 15 is 0 Å². The van der Waals surface area contributed by atoms with Crippen molar-refractivity contribution in [3.63, 3.8) is 0 Å². The van der Waals surface area contributed by atoms with Gasteiger partial charge in [0.2, 0.25) is 11.9 Å². The van der Waals surface area contributed by atoms with Gasteiger partial charge in [0.25, 0.3) is 5.91 Å². The van der Waals surface area contributed by atoms with E-state index in [1.807, 2.05) is 26.0 Å². The van der Waals surface area contributed by atoms with Crippen molar-refractivity contribution in [2.75, 3.05) is 23.8 Å². The fraction of sp³-hybridized carbons (Fsp3) is 0.348. The Bertz CT molecular complexity index is 1000. The number of hydrogen-bond acceptors (Lipinski definition) is 4. The van der Waals surface area contributed by atoms with Crippen LogP contribution in [-0.4, -0.2) is 37.0 Å². The van der Waals surface area contributed by atoms with Gasteiger partial charge in [-0.25, -0.2) is 4.99 Å². The van der Waals surface area contributed by atoms with Gasteiger partial charge in [-0.1, -0.05) is 17.7 Å². The standard InChI is InChI=1S/C23H27ClN4O3/c1-14-6-7-17(12-21(14)26-16(3)29)22(30)28-23(25-13-19-5-4-10-31-19)27-20-9-8-18(24)11-15(20)2/h6-9,11-12,19H,4-5,10,13H2,1-3H3,(H,26,29)(H2,25,27,28,30)/t19-/m1/s1. The average Bonchev–Trinajstić information content (AvgIpc) is 3.23. The highest BCUT2D eigenvalue weighted by atomic mass is 35.5. The van der Waals surface area contributed by atoms with Crippen molar-refractivity contribution < 1.29 is 14.3 Å². The summed E-state index contributed by atoms with van der Waals surface area (Å²) in [6.45, 7) is 6.40. The molecule has 2 aromatic carbocycles. The third-order valence-corrected chi connectivity index (χ3v) is 5.20. The van der Waals surface area contributed by atoms with E-state index in [2.05, 4.69) is 20.9 Å². The molecule has 1 atom stereocenters. The molecule has 2 amide bonds. The van der Waals surface area contributed by atoms with Gasteiger partial charge >= 0.3 is 0 Å². The number of rotatable bonds is 5. The van der Waals surface area contributed by atoms with Crippen molar-refractivity contribution in [2.24, 2.45) is 4.99 Å². The van der Waals surface area contributed by atoms with E-state index in [1.54, 1.807) is 24.3 Å². The fourth-order valence-corrected chi connectivity index (χ4v) is 3.48. The Kier molecular flexibility index (Phi) is 7.65. The molecule has 0 aromatic heterocycles. The summed E-state index contributed by atoms with van der Waals surface area (Å²) in [7, 11) is 0. The molecule has 0 unspecified atom stereocenters. The summed E-state index contributed by atoms with van der Waals surface area (Å²) in [5.74, 6) is -0.205. The van der Waals surface area contributed by atoms with Crippen molar-refractivity contribution >= 4 is 40.7 Å². The number of nitrogens with zero attached hydrogens (tertiary/aromatic N) is 1. The number of guanidine groups is 1. The molecule has 0 radical (unpaired) electrons. The molecule has 1 saturated heterocycles. The number of ether oxygens (including phenoxy) is 1. The van der Waals surface area contributed by atoms with E-state index in [4.69, 9.17) is 16.3 Å². The van der Waals surface area contributed by atoms with Gasteiger partial charge in [-0.3, -0.25) is 14.9 Å². The maximum Gasteiger partial charge on any atom is 0.258 e. The molecule has 0 spiro atoms. The lowest BCUT2D eigenvalue weighted by molar-refractivity contribution is -0.114. The smallest absolute Gasteiger partial charge is 0.258 e. The second-order valence-electron chi connectivity index (χ2n) is 7.57. The van der Waals surface area contributed by atoms with Crippen LogP contribution in [0.15, 0.2) is 41.4 Å². The predicted octanol–water partition coefficient (Wildman–Crippen LogP) is 4.29. The topological polar surface area (TPSA) is 91.8 Å². The first kappa shape index (κ1) is 22.8. The number of aliphatic imine (C=N–C) groups is 1. The first-order valence-corrected chi connectivity index (χ1v) is 10.6. The normalized spacial score (nSPS) is 16.1. The van der Waals surface area contributed by atoms with Crippen LogP contribution in [0.2, 0.25) is 5.02 Å². The van der Waals surface area contributed by atoms with Crippen molar-refractivity contribution in [1.29, 1.82) is 0 Å². The van der Waals surface area contributed by atoms with Crippen molar-refractivity contribution in [2.45, 2.75) is 39.7 Å². The van der Waals surface area contributed by atoms with Gasteiger partial charge in [0.15, 0.2) is 0 Å². The maximum atomic E-state index is 12.9. The number of benzene rings is 2. The van der Waals surface area contributed by atoms with Crippen LogP contribution in [0.5, 0.6) is 0 Å². The molecule has 0 bridgehead atoms. The first-order valence-electron chi connectivity index (χ1n) is 10.2. The second-order valence-corrected chi connectivity index (χ2v) is 8.01. The molecule has 0 saturated carbocycles. The Morgan fingerprint density at radius 3 is 2.58 bits per heavy atom. The van der Waals surface area contributed by atoms with E-state index < -0.39 is 0 Å². The highest BCUT2D eigenvalue weighted by Crippen LogP contribution is 2.20. The number of aryl methyl sites for hydroxylation is 2. The number of amides is 2. The first-order chi connectivity index (χ1) is 14.8. The van der Waals surface area contributed by atoms with Crippen LogP contribution in [-0.2, 0) is 9.53 Å². The van der Waals surface area contributed by atoms with Crippen molar-refractivity contribution in [3.05, 3.63) is 58.1 Å². The van der Waals surface area contributed by atoms with Crippen LogP contribution in [0.3, 0.4) is 0 Å². The lowest BCUT2D eigenvalue weighted by Gasteiger charge is -2.15. The Morgan fingerprint density at radius 2 is 1.90 bits per heavy atom. The second kappa shape index (κ2) is 10.4. The van der Waals surface area contributed by atoms with Crippen LogP contribution in [0.4, 0.5) is 11.4 Å². The molecule has 1 fully saturated rings. The molecule has 3 N–H and O–H groups in total. The van der Waals surface area contributed by atoms with Gasteiger partial charge < -0.3 is 15.4 Å². The van der Waals surface area contributed by atoms with Gasteiger partial charge in [0, 0.05) is 35.5 Å². The number of anilines is 2. The third-order valence-electron chi connectivity index (χ3n) is 4.96. The summed E-state index contributed by atoms with van der Waals surface area (Å²) >= 11 is 6.05. The van der Waals surface area contributed by atoms with Crippen LogP contribution in [0.1, 0.15) is 41.3 Å². The van der Waals surface area contributed by atoms with Gasteiger partial charge in [-0.15, -0.1) is 0 Å². The zero-order valence-corrected chi connectivity index (χ0v) is 18.7. The van der Waals surface area contributed by atoms with Gasteiger partial charge in [-0.2, -0.15) is 0 Å². The predicted molar refractivity (Wildman–Crippen MR) is 124 cm³/mol. The molecule has 7 nitrogen and oxygen atoms in total. The fourth-order valence-electron chi connectivity index (χ4n) is 3.25. The van der Waals surface area contributed by atoms with Crippen LogP contribution in [0, 0.1) is 13.8 Å². The van der Waals surface area contributed by atoms with E-state index in [1.165, 1.54) is 6.92 Å². The van der Waals surface area contributed by atoms with Gasteiger partial charge in [0.05, 0.1) is 12.6 Å². The number of hydrogen-bond donors (Lipinski definition) is 3. The number of halogens is 1. The van der Waals surface area contributed by atoms with Crippen LogP contribution in [0.25, 0.3) is 0 Å². The molecule has 0 aliphatic carbocycles. The molecule has 8 heteroatoms. The average molecular weight is 443 g/mol.